The van der Waals surface area contributed by atoms with Crippen molar-refractivity contribution in [3.8, 4) is 0 Å². The van der Waals surface area contributed by atoms with Gasteiger partial charge in [-0.1, -0.05) is 97.1 Å². The molecule has 0 radical (unpaired) electrons. The van der Waals surface area contributed by atoms with Gasteiger partial charge in [0, 0.05) is 51.4 Å². The Hall–Kier alpha value is -5.48. The number of carbonyl (C=O) groups excluding carboxylic acids is 2. The standard InChI is InChI=1S/C44H36N2O2/c47-43-38-11-5-7-33-8-6-12-39(42(33)38)44(48)46(43)26-24-35-28-30-16-15-29-17-19-31(21-22-32(35)20-18-30)34(27-29)23-25-45-40-13-3-1-9-36(40)37-10-2-4-14-41(37)45/h1-14,17-20,27-28H,15-16,21-26H2. The number of aromatic nitrogens is 1. The van der Waals surface area contributed by atoms with Gasteiger partial charge in [0.15, 0.2) is 0 Å². The van der Waals surface area contributed by atoms with E-state index in [1.54, 1.807) is 0 Å². The largest absolute Gasteiger partial charge is 0.340 e. The van der Waals surface area contributed by atoms with E-state index < -0.39 is 0 Å². The first-order chi connectivity index (χ1) is 23.6. The van der Waals surface area contributed by atoms with Crippen LogP contribution < -0.4 is 0 Å². The highest BCUT2D eigenvalue weighted by molar-refractivity contribution is 6.25. The molecule has 0 N–H and O–H groups in total. The van der Waals surface area contributed by atoms with Crippen molar-refractivity contribution in [1.82, 2.24) is 9.47 Å². The normalized spacial score (nSPS) is 14.3. The second kappa shape index (κ2) is 11.6. The molecule has 0 spiro atoms. The van der Waals surface area contributed by atoms with Crippen molar-refractivity contribution in [2.24, 2.45) is 0 Å². The van der Waals surface area contributed by atoms with Gasteiger partial charge in [0.1, 0.15) is 0 Å². The fraction of sp³-hybridized carbons (Fsp3) is 0.182. The van der Waals surface area contributed by atoms with E-state index in [1.807, 2.05) is 36.4 Å². The Bertz CT molecular complexity index is 2310. The summed E-state index contributed by atoms with van der Waals surface area (Å²) in [6, 6.07) is 42.9. The highest BCUT2D eigenvalue weighted by Gasteiger charge is 2.32. The molecule has 1 aromatic heterocycles. The maximum Gasteiger partial charge on any atom is 0.261 e. The van der Waals surface area contributed by atoms with Crippen molar-refractivity contribution in [3.05, 3.63) is 166 Å². The van der Waals surface area contributed by atoms with Gasteiger partial charge in [-0.15, -0.1) is 0 Å². The van der Waals surface area contributed by atoms with E-state index in [0.29, 0.717) is 24.1 Å². The molecule has 7 aromatic rings. The molecule has 234 valence electrons. The summed E-state index contributed by atoms with van der Waals surface area (Å²) in [4.78, 5) is 28.7. The van der Waals surface area contributed by atoms with Crippen LogP contribution in [0.25, 0.3) is 32.6 Å². The van der Waals surface area contributed by atoms with Crippen molar-refractivity contribution in [2.45, 2.75) is 45.1 Å². The molecule has 2 heterocycles. The van der Waals surface area contributed by atoms with Crippen LogP contribution in [-0.4, -0.2) is 27.8 Å². The van der Waals surface area contributed by atoms with Crippen LogP contribution in [0.15, 0.2) is 121 Å². The van der Waals surface area contributed by atoms with Gasteiger partial charge in [0.2, 0.25) is 0 Å². The molecule has 0 saturated heterocycles. The summed E-state index contributed by atoms with van der Waals surface area (Å²) >= 11 is 0. The Kier molecular flexibility index (Phi) is 6.97. The summed E-state index contributed by atoms with van der Waals surface area (Å²) in [7, 11) is 0. The molecule has 4 heteroatoms. The lowest BCUT2D eigenvalue weighted by Crippen LogP contribution is -2.41. The van der Waals surface area contributed by atoms with E-state index in [9.17, 15) is 9.59 Å². The number of imide groups is 1. The first kappa shape index (κ1) is 28.7. The molecule has 2 amide bonds. The van der Waals surface area contributed by atoms with Gasteiger partial charge in [0.05, 0.1) is 0 Å². The highest BCUT2D eigenvalue weighted by Crippen LogP contribution is 2.32. The van der Waals surface area contributed by atoms with Gasteiger partial charge >= 0.3 is 0 Å². The summed E-state index contributed by atoms with van der Waals surface area (Å²) in [5.74, 6) is -0.382. The molecule has 12 rings (SSSR count). The van der Waals surface area contributed by atoms with Crippen LogP contribution in [0.2, 0.25) is 0 Å². The summed E-state index contributed by atoms with van der Waals surface area (Å²) in [5.41, 5.74) is 11.9. The summed E-state index contributed by atoms with van der Waals surface area (Å²) in [6.45, 7) is 1.30. The van der Waals surface area contributed by atoms with Gasteiger partial charge < -0.3 is 4.57 Å². The van der Waals surface area contributed by atoms with Crippen LogP contribution in [0.4, 0.5) is 0 Å². The van der Waals surface area contributed by atoms with Crippen molar-refractivity contribution in [1.29, 1.82) is 0 Å². The van der Waals surface area contributed by atoms with Crippen LogP contribution in [0.3, 0.4) is 0 Å². The number of hydrogen-bond acceptors (Lipinski definition) is 2. The number of para-hydroxylation sites is 2. The van der Waals surface area contributed by atoms with Crippen LogP contribution in [0, 0.1) is 0 Å². The minimum Gasteiger partial charge on any atom is -0.340 e. The van der Waals surface area contributed by atoms with Gasteiger partial charge in [-0.05, 0) is 102 Å². The van der Waals surface area contributed by atoms with Crippen molar-refractivity contribution in [3.63, 3.8) is 0 Å². The molecule has 0 unspecified atom stereocenters. The number of amides is 2. The summed E-state index contributed by atoms with van der Waals surface area (Å²) in [6.07, 6.45) is 5.43. The zero-order valence-electron chi connectivity index (χ0n) is 26.9. The van der Waals surface area contributed by atoms with Gasteiger partial charge in [-0.3, -0.25) is 14.5 Å². The van der Waals surface area contributed by atoms with E-state index in [-0.39, 0.29) is 11.8 Å². The van der Waals surface area contributed by atoms with E-state index in [2.05, 4.69) is 89.5 Å². The molecule has 0 saturated carbocycles. The predicted molar refractivity (Wildman–Crippen MR) is 194 cm³/mol. The van der Waals surface area contributed by atoms with E-state index in [4.69, 9.17) is 0 Å². The van der Waals surface area contributed by atoms with E-state index in [1.165, 1.54) is 60.1 Å². The quantitative estimate of drug-likeness (QED) is 0.173. The maximum atomic E-state index is 13.6. The third kappa shape index (κ3) is 4.83. The van der Waals surface area contributed by atoms with Crippen LogP contribution in [-0.2, 0) is 45.1 Å². The molecule has 4 aliphatic carbocycles. The molecule has 4 nitrogen and oxygen atoms in total. The minimum absolute atomic E-state index is 0.191. The molecule has 5 aliphatic rings. The highest BCUT2D eigenvalue weighted by atomic mass is 16.2. The number of hydrogen-bond donors (Lipinski definition) is 0. The second-order valence-electron chi connectivity index (χ2n) is 13.4. The topological polar surface area (TPSA) is 42.3 Å². The lowest BCUT2D eigenvalue weighted by molar-refractivity contribution is 0.0612. The predicted octanol–water partition coefficient (Wildman–Crippen LogP) is 8.91. The number of carbonyl (C=O) groups is 2. The number of benzene rings is 6. The Morgan fingerprint density at radius 1 is 0.500 bits per heavy atom. The Labute approximate surface area is 280 Å². The molecule has 6 aromatic carbocycles. The second-order valence-corrected chi connectivity index (χ2v) is 13.4. The number of fused-ring (bicyclic) bond motifs is 3. The van der Waals surface area contributed by atoms with Gasteiger partial charge in [-0.2, -0.15) is 0 Å². The van der Waals surface area contributed by atoms with Crippen LogP contribution in [0.5, 0.6) is 0 Å². The van der Waals surface area contributed by atoms with Crippen molar-refractivity contribution < 1.29 is 9.59 Å². The molecule has 1 aliphatic heterocycles. The van der Waals surface area contributed by atoms with Crippen molar-refractivity contribution >= 4 is 44.4 Å². The third-order valence-corrected chi connectivity index (χ3v) is 10.7. The average Bonchev–Trinajstić information content (AvgIpc) is 3.44. The van der Waals surface area contributed by atoms with Crippen molar-refractivity contribution in [2.75, 3.05) is 6.54 Å². The number of nitrogens with zero attached hydrogens (tertiary/aromatic N) is 2. The van der Waals surface area contributed by atoms with Gasteiger partial charge in [0.25, 0.3) is 11.8 Å². The minimum atomic E-state index is -0.191. The maximum absolute atomic E-state index is 13.6. The molecule has 0 atom stereocenters. The molecular weight excluding hydrogens is 588 g/mol. The van der Waals surface area contributed by atoms with Crippen LogP contribution >= 0.6 is 0 Å². The third-order valence-electron chi connectivity index (χ3n) is 10.7. The van der Waals surface area contributed by atoms with E-state index in [0.717, 1.165) is 49.4 Å². The van der Waals surface area contributed by atoms with Crippen LogP contribution in [0.1, 0.15) is 54.1 Å². The molecule has 4 bridgehead atoms. The Morgan fingerprint density at radius 3 is 1.58 bits per heavy atom. The smallest absolute Gasteiger partial charge is 0.261 e. The lowest BCUT2D eigenvalue weighted by atomic mass is 9.89. The fourth-order valence-corrected chi connectivity index (χ4v) is 8.17. The zero-order valence-corrected chi connectivity index (χ0v) is 26.9. The SMILES string of the molecule is O=C1c2cccc3cccc(c23)C(=O)N1CCc1cc2ccc1CCc1ccc(cc1CCn1c3ccccc3c3ccccc31)CC2. The Morgan fingerprint density at radius 2 is 1.02 bits per heavy atom. The number of rotatable bonds is 6. The number of aryl methyl sites for hydroxylation is 6. The molecular formula is C44H36N2O2. The van der Waals surface area contributed by atoms with E-state index >= 15 is 0 Å². The molecule has 0 fully saturated rings. The monoisotopic (exact) mass is 624 g/mol. The first-order valence-electron chi connectivity index (χ1n) is 17.2. The molecule has 48 heavy (non-hydrogen) atoms. The average molecular weight is 625 g/mol. The van der Waals surface area contributed by atoms with Gasteiger partial charge in [-0.25, -0.2) is 0 Å². The lowest BCUT2D eigenvalue weighted by Gasteiger charge is -2.27. The Balaban J connectivity index is 0.977. The summed E-state index contributed by atoms with van der Waals surface area (Å²) in [5, 5.41) is 4.34. The first-order valence-corrected chi connectivity index (χ1v) is 17.2. The zero-order chi connectivity index (χ0) is 32.2. The fourth-order valence-electron chi connectivity index (χ4n) is 8.17. The summed E-state index contributed by atoms with van der Waals surface area (Å²) < 4.78 is 2.49.